The maximum absolute atomic E-state index is 12.5. The summed E-state index contributed by atoms with van der Waals surface area (Å²) in [4.78, 5) is 45.8. The first-order valence-corrected chi connectivity index (χ1v) is 8.14. The predicted octanol–water partition coefficient (Wildman–Crippen LogP) is 2.13. The number of carbonyl (C=O) groups excluding carboxylic acids is 3. The van der Waals surface area contributed by atoms with Gasteiger partial charge in [-0.05, 0) is 31.9 Å². The molecule has 0 aliphatic rings. The number of aromatic nitrogens is 1. The Labute approximate surface area is 147 Å². The van der Waals surface area contributed by atoms with Gasteiger partial charge in [0.15, 0.2) is 5.82 Å². The Balaban J connectivity index is 3.13. The van der Waals surface area contributed by atoms with E-state index in [1.54, 1.807) is 19.9 Å². The number of hydrogen-bond acceptors (Lipinski definition) is 7. The molecule has 1 aromatic rings. The van der Waals surface area contributed by atoms with Crippen LogP contribution in [0.2, 0.25) is 0 Å². The standard InChI is InChI=1S/C17H24N2O6/c1-5-23-15(21)10-14(20)19(25-11-12(3)4)16-13(8-7-9-18-16)17(22)24-6-2/h7-9,12H,5-6,10-11H2,1-4H3. The molecule has 0 saturated heterocycles. The third-order valence-corrected chi connectivity index (χ3v) is 2.84. The molecule has 8 nitrogen and oxygen atoms in total. The Morgan fingerprint density at radius 1 is 1.16 bits per heavy atom. The van der Waals surface area contributed by atoms with Crippen molar-refractivity contribution < 1.29 is 28.7 Å². The first-order chi connectivity index (χ1) is 11.9. The number of rotatable bonds is 9. The third kappa shape index (κ3) is 6.50. The van der Waals surface area contributed by atoms with E-state index >= 15 is 0 Å². The topological polar surface area (TPSA) is 95.0 Å². The van der Waals surface area contributed by atoms with E-state index in [1.165, 1.54) is 12.3 Å². The largest absolute Gasteiger partial charge is 0.466 e. The number of hydrogen-bond donors (Lipinski definition) is 0. The van der Waals surface area contributed by atoms with E-state index < -0.39 is 24.3 Å². The van der Waals surface area contributed by atoms with Crippen molar-refractivity contribution in [3.8, 4) is 0 Å². The summed E-state index contributed by atoms with van der Waals surface area (Å²) in [6.07, 6.45) is 0.895. The zero-order valence-corrected chi connectivity index (χ0v) is 15.0. The van der Waals surface area contributed by atoms with E-state index in [2.05, 4.69) is 4.98 Å². The van der Waals surface area contributed by atoms with Crippen molar-refractivity contribution in [3.63, 3.8) is 0 Å². The Morgan fingerprint density at radius 3 is 2.44 bits per heavy atom. The summed E-state index contributed by atoms with van der Waals surface area (Å²) in [7, 11) is 0. The van der Waals surface area contributed by atoms with Crippen molar-refractivity contribution in [1.29, 1.82) is 0 Å². The molecule has 1 heterocycles. The minimum atomic E-state index is -0.681. The van der Waals surface area contributed by atoms with Gasteiger partial charge >= 0.3 is 11.9 Å². The summed E-state index contributed by atoms with van der Waals surface area (Å²) in [5.74, 6) is -1.89. The van der Waals surface area contributed by atoms with Gasteiger partial charge in [-0.15, -0.1) is 0 Å². The van der Waals surface area contributed by atoms with Crippen molar-refractivity contribution in [1.82, 2.24) is 4.98 Å². The van der Waals surface area contributed by atoms with Gasteiger partial charge < -0.3 is 9.47 Å². The number of nitrogens with zero attached hydrogens (tertiary/aromatic N) is 2. The maximum atomic E-state index is 12.5. The minimum Gasteiger partial charge on any atom is -0.466 e. The molecule has 25 heavy (non-hydrogen) atoms. The van der Waals surface area contributed by atoms with Gasteiger partial charge in [0.1, 0.15) is 12.0 Å². The zero-order chi connectivity index (χ0) is 18.8. The Kier molecular flexibility index (Phi) is 8.55. The summed E-state index contributed by atoms with van der Waals surface area (Å²) in [5.41, 5.74) is 0.0744. The van der Waals surface area contributed by atoms with Gasteiger partial charge in [0, 0.05) is 6.20 Å². The second-order valence-electron chi connectivity index (χ2n) is 5.45. The monoisotopic (exact) mass is 352 g/mol. The molecule has 1 aromatic heterocycles. The van der Waals surface area contributed by atoms with Gasteiger partial charge in [0.05, 0.1) is 19.8 Å². The van der Waals surface area contributed by atoms with Crippen LogP contribution in [0, 0.1) is 5.92 Å². The van der Waals surface area contributed by atoms with Gasteiger partial charge in [-0.1, -0.05) is 13.8 Å². The summed E-state index contributed by atoms with van der Waals surface area (Å²) in [5, 5.41) is 0.864. The molecule has 1 rings (SSSR count). The summed E-state index contributed by atoms with van der Waals surface area (Å²) < 4.78 is 9.77. The molecule has 0 fully saturated rings. The minimum absolute atomic E-state index is 0.0177. The van der Waals surface area contributed by atoms with Crippen LogP contribution in [0.25, 0.3) is 0 Å². The fourth-order valence-electron chi connectivity index (χ4n) is 1.81. The number of amides is 1. The Morgan fingerprint density at radius 2 is 1.84 bits per heavy atom. The third-order valence-electron chi connectivity index (χ3n) is 2.84. The number of carbonyl (C=O) groups is 3. The van der Waals surface area contributed by atoms with Crippen molar-refractivity contribution in [3.05, 3.63) is 23.9 Å². The lowest BCUT2D eigenvalue weighted by Gasteiger charge is -2.23. The fourth-order valence-corrected chi connectivity index (χ4v) is 1.81. The zero-order valence-electron chi connectivity index (χ0n) is 15.0. The molecular weight excluding hydrogens is 328 g/mol. The SMILES string of the molecule is CCOC(=O)CC(=O)N(OCC(C)C)c1ncccc1C(=O)OCC. The fraction of sp³-hybridized carbons (Fsp3) is 0.529. The van der Waals surface area contributed by atoms with Crippen LogP contribution in [-0.2, 0) is 23.9 Å². The lowest BCUT2D eigenvalue weighted by molar-refractivity contribution is -0.147. The Bertz CT molecular complexity index is 603. The van der Waals surface area contributed by atoms with Crippen LogP contribution in [0.3, 0.4) is 0 Å². The molecule has 0 N–H and O–H groups in total. The quantitative estimate of drug-likeness (QED) is 0.382. The molecule has 1 amide bonds. The highest BCUT2D eigenvalue weighted by Gasteiger charge is 2.27. The highest BCUT2D eigenvalue weighted by atomic mass is 16.7. The van der Waals surface area contributed by atoms with Crippen LogP contribution in [0.1, 0.15) is 44.5 Å². The van der Waals surface area contributed by atoms with Gasteiger partial charge in [-0.2, -0.15) is 5.06 Å². The van der Waals surface area contributed by atoms with E-state index in [4.69, 9.17) is 14.3 Å². The number of pyridine rings is 1. The van der Waals surface area contributed by atoms with E-state index in [0.717, 1.165) is 5.06 Å². The summed E-state index contributed by atoms with van der Waals surface area (Å²) in [6.45, 7) is 7.66. The second-order valence-corrected chi connectivity index (χ2v) is 5.45. The molecular formula is C17H24N2O6. The average molecular weight is 352 g/mol. The predicted molar refractivity (Wildman–Crippen MR) is 89.7 cm³/mol. The highest BCUT2D eigenvalue weighted by molar-refractivity contribution is 6.05. The Hall–Kier alpha value is -2.48. The normalized spacial score (nSPS) is 10.4. The summed E-state index contributed by atoms with van der Waals surface area (Å²) in [6, 6.07) is 3.02. The van der Waals surface area contributed by atoms with Crippen LogP contribution in [0.15, 0.2) is 18.3 Å². The first-order valence-electron chi connectivity index (χ1n) is 8.14. The molecule has 0 aromatic carbocycles. The number of anilines is 1. The van der Waals surface area contributed by atoms with E-state index in [-0.39, 0.29) is 37.1 Å². The van der Waals surface area contributed by atoms with Crippen LogP contribution < -0.4 is 5.06 Å². The highest BCUT2D eigenvalue weighted by Crippen LogP contribution is 2.20. The average Bonchev–Trinajstić information content (AvgIpc) is 2.55. The lowest BCUT2D eigenvalue weighted by atomic mass is 10.2. The van der Waals surface area contributed by atoms with Gasteiger partial charge in [-0.3, -0.25) is 14.4 Å². The van der Waals surface area contributed by atoms with Crippen molar-refractivity contribution >= 4 is 23.7 Å². The maximum Gasteiger partial charge on any atom is 0.341 e. The van der Waals surface area contributed by atoms with E-state index in [9.17, 15) is 14.4 Å². The molecule has 138 valence electrons. The molecule has 0 aliphatic heterocycles. The van der Waals surface area contributed by atoms with Crippen molar-refractivity contribution in [2.45, 2.75) is 34.1 Å². The van der Waals surface area contributed by atoms with Gasteiger partial charge in [0.2, 0.25) is 0 Å². The molecule has 8 heteroatoms. The number of hydroxylamine groups is 1. The first kappa shape index (κ1) is 20.6. The molecule has 0 bridgehead atoms. The molecule has 0 radical (unpaired) electrons. The van der Waals surface area contributed by atoms with Crippen LogP contribution >= 0.6 is 0 Å². The second kappa shape index (κ2) is 10.4. The smallest absolute Gasteiger partial charge is 0.341 e. The molecule has 0 atom stereocenters. The number of ether oxygens (including phenoxy) is 2. The molecule has 0 spiro atoms. The summed E-state index contributed by atoms with van der Waals surface area (Å²) >= 11 is 0. The van der Waals surface area contributed by atoms with E-state index in [0.29, 0.717) is 0 Å². The lowest BCUT2D eigenvalue weighted by Crippen LogP contribution is -2.36. The number of esters is 2. The van der Waals surface area contributed by atoms with Crippen molar-refractivity contribution in [2.75, 3.05) is 24.9 Å². The van der Waals surface area contributed by atoms with Crippen LogP contribution in [-0.4, -0.2) is 42.7 Å². The van der Waals surface area contributed by atoms with Crippen molar-refractivity contribution in [2.24, 2.45) is 5.92 Å². The molecule has 0 saturated carbocycles. The molecule has 0 unspecified atom stereocenters. The molecule has 0 aliphatic carbocycles. The van der Waals surface area contributed by atoms with Gasteiger partial charge in [0.25, 0.3) is 5.91 Å². The van der Waals surface area contributed by atoms with Crippen LogP contribution in [0.5, 0.6) is 0 Å². The van der Waals surface area contributed by atoms with Gasteiger partial charge in [-0.25, -0.2) is 9.78 Å². The van der Waals surface area contributed by atoms with E-state index in [1.807, 2.05) is 13.8 Å². The van der Waals surface area contributed by atoms with Crippen LogP contribution in [0.4, 0.5) is 5.82 Å².